The molecule has 0 spiro atoms. The summed E-state index contributed by atoms with van der Waals surface area (Å²) in [7, 11) is 0. The molecular weight excluding hydrogens is 427 g/mol. The van der Waals surface area contributed by atoms with Gasteiger partial charge in [-0.25, -0.2) is 14.2 Å². The van der Waals surface area contributed by atoms with Crippen LogP contribution in [0.25, 0.3) is 27.6 Å². The van der Waals surface area contributed by atoms with Gasteiger partial charge in [0.05, 0.1) is 16.6 Å². The molecule has 5 rings (SSSR count). The normalized spacial score (nSPS) is 11.3. The summed E-state index contributed by atoms with van der Waals surface area (Å²) >= 11 is 1.27. The van der Waals surface area contributed by atoms with Gasteiger partial charge in [0, 0.05) is 17.2 Å². The molecule has 0 aliphatic carbocycles. The summed E-state index contributed by atoms with van der Waals surface area (Å²) in [5.41, 5.74) is 2.10. The van der Waals surface area contributed by atoms with E-state index < -0.39 is 11.4 Å². The Kier molecular flexibility index (Phi) is 5.11. The molecule has 0 saturated carbocycles. The number of aromatic nitrogens is 2. The molecule has 158 valence electrons. The van der Waals surface area contributed by atoms with Gasteiger partial charge in [0.15, 0.2) is 5.16 Å². The predicted molar refractivity (Wildman–Crippen MR) is 124 cm³/mol. The van der Waals surface area contributed by atoms with Crippen LogP contribution < -0.4 is 11.2 Å². The standard InChI is InChI=1S/C25H17FN2O3S/c1-15-10-11-17-16(13-23(29)31-22(17)12-15)14-32-25-27-20-8-4-2-6-18(20)24(30)28(25)21-9-5-3-7-19(21)26/h2-13H,14H2,1H3. The van der Waals surface area contributed by atoms with E-state index in [4.69, 9.17) is 4.42 Å². The van der Waals surface area contributed by atoms with Crippen LogP contribution in [-0.2, 0) is 5.75 Å². The average molecular weight is 444 g/mol. The van der Waals surface area contributed by atoms with Crippen molar-refractivity contribution in [1.82, 2.24) is 9.55 Å². The number of aryl methyl sites for hydroxylation is 1. The van der Waals surface area contributed by atoms with Gasteiger partial charge in [-0.2, -0.15) is 0 Å². The van der Waals surface area contributed by atoms with E-state index in [1.165, 1.54) is 28.5 Å². The largest absolute Gasteiger partial charge is 0.423 e. The van der Waals surface area contributed by atoms with Crippen LogP contribution in [0.3, 0.4) is 0 Å². The molecule has 0 saturated heterocycles. The fourth-order valence-corrected chi connectivity index (χ4v) is 4.65. The number of halogens is 1. The van der Waals surface area contributed by atoms with E-state index in [9.17, 15) is 14.0 Å². The van der Waals surface area contributed by atoms with Gasteiger partial charge in [0.1, 0.15) is 11.4 Å². The Morgan fingerprint density at radius 3 is 2.59 bits per heavy atom. The van der Waals surface area contributed by atoms with Crippen LogP contribution in [-0.4, -0.2) is 9.55 Å². The minimum absolute atomic E-state index is 0.131. The molecule has 5 aromatic rings. The summed E-state index contributed by atoms with van der Waals surface area (Å²) in [6, 6.07) is 20.2. The molecule has 0 atom stereocenters. The van der Waals surface area contributed by atoms with Crippen LogP contribution in [0.5, 0.6) is 0 Å². The summed E-state index contributed by atoms with van der Waals surface area (Å²) < 4.78 is 21.3. The molecule has 5 nitrogen and oxygen atoms in total. The first-order valence-corrected chi connectivity index (χ1v) is 10.9. The minimum atomic E-state index is -0.519. The number of hydrogen-bond acceptors (Lipinski definition) is 5. The van der Waals surface area contributed by atoms with E-state index in [0.717, 1.165) is 16.5 Å². The van der Waals surface area contributed by atoms with Gasteiger partial charge in [0.2, 0.25) is 0 Å². The number of benzene rings is 3. The molecule has 2 heterocycles. The number of nitrogens with zero attached hydrogens (tertiary/aromatic N) is 2. The van der Waals surface area contributed by atoms with E-state index >= 15 is 0 Å². The Morgan fingerprint density at radius 2 is 1.75 bits per heavy atom. The highest BCUT2D eigenvalue weighted by atomic mass is 32.2. The van der Waals surface area contributed by atoms with Crippen molar-refractivity contribution < 1.29 is 8.81 Å². The second-order valence-electron chi connectivity index (χ2n) is 7.38. The molecule has 0 aliphatic heterocycles. The maximum Gasteiger partial charge on any atom is 0.336 e. The summed E-state index contributed by atoms with van der Waals surface area (Å²) in [4.78, 5) is 30.0. The Balaban J connectivity index is 1.66. The fourth-order valence-electron chi connectivity index (χ4n) is 3.65. The van der Waals surface area contributed by atoms with E-state index in [-0.39, 0.29) is 11.2 Å². The number of thioether (sulfide) groups is 1. The first-order chi connectivity index (χ1) is 15.5. The summed E-state index contributed by atoms with van der Waals surface area (Å²) in [5.74, 6) is -0.167. The highest BCUT2D eigenvalue weighted by molar-refractivity contribution is 7.98. The lowest BCUT2D eigenvalue weighted by Gasteiger charge is -2.14. The van der Waals surface area contributed by atoms with Gasteiger partial charge >= 0.3 is 5.63 Å². The van der Waals surface area contributed by atoms with E-state index in [0.29, 0.717) is 27.4 Å². The first kappa shape index (κ1) is 20.2. The maximum absolute atomic E-state index is 14.6. The third-order valence-electron chi connectivity index (χ3n) is 5.18. The predicted octanol–water partition coefficient (Wildman–Crippen LogP) is 5.23. The Bertz CT molecular complexity index is 1610. The van der Waals surface area contributed by atoms with Crippen LogP contribution in [0.4, 0.5) is 4.39 Å². The van der Waals surface area contributed by atoms with Crippen LogP contribution >= 0.6 is 11.8 Å². The number of para-hydroxylation sites is 2. The van der Waals surface area contributed by atoms with Crippen LogP contribution in [0.1, 0.15) is 11.1 Å². The van der Waals surface area contributed by atoms with Gasteiger partial charge in [-0.3, -0.25) is 9.36 Å². The molecule has 0 aliphatic rings. The Labute approximate surface area is 186 Å². The van der Waals surface area contributed by atoms with Crippen molar-refractivity contribution in [3.8, 4) is 5.69 Å². The lowest BCUT2D eigenvalue weighted by atomic mass is 10.1. The smallest absolute Gasteiger partial charge is 0.336 e. The molecule has 0 bridgehead atoms. The highest BCUT2D eigenvalue weighted by Crippen LogP contribution is 2.28. The van der Waals surface area contributed by atoms with E-state index in [1.54, 1.807) is 42.5 Å². The zero-order chi connectivity index (χ0) is 22.2. The highest BCUT2D eigenvalue weighted by Gasteiger charge is 2.17. The van der Waals surface area contributed by atoms with Crippen molar-refractivity contribution >= 4 is 33.6 Å². The lowest BCUT2D eigenvalue weighted by Crippen LogP contribution is -2.22. The molecule has 2 aromatic heterocycles. The van der Waals surface area contributed by atoms with Crippen molar-refractivity contribution in [2.75, 3.05) is 0 Å². The first-order valence-electron chi connectivity index (χ1n) is 9.94. The lowest BCUT2D eigenvalue weighted by molar-refractivity contribution is 0.559. The average Bonchev–Trinajstić information content (AvgIpc) is 2.78. The fraction of sp³-hybridized carbons (Fsp3) is 0.0800. The van der Waals surface area contributed by atoms with Crippen LogP contribution in [0, 0.1) is 12.7 Å². The van der Waals surface area contributed by atoms with Gasteiger partial charge in [-0.15, -0.1) is 0 Å². The molecule has 7 heteroatoms. The maximum atomic E-state index is 14.6. The van der Waals surface area contributed by atoms with E-state index in [2.05, 4.69) is 4.98 Å². The number of hydrogen-bond donors (Lipinski definition) is 0. The molecule has 0 unspecified atom stereocenters. The molecular formula is C25H17FN2O3S. The van der Waals surface area contributed by atoms with Gasteiger partial charge in [-0.05, 0) is 48.4 Å². The zero-order valence-corrected chi connectivity index (χ0v) is 17.9. The topological polar surface area (TPSA) is 65.1 Å². The number of fused-ring (bicyclic) bond motifs is 2. The van der Waals surface area contributed by atoms with Crippen LogP contribution in [0.15, 0.2) is 92.0 Å². The van der Waals surface area contributed by atoms with Crippen molar-refractivity contribution in [1.29, 1.82) is 0 Å². The molecule has 0 N–H and O–H groups in total. The minimum Gasteiger partial charge on any atom is -0.423 e. The second-order valence-corrected chi connectivity index (χ2v) is 8.32. The third kappa shape index (κ3) is 3.61. The SMILES string of the molecule is Cc1ccc2c(CSc3nc4ccccc4c(=O)n3-c3ccccc3F)cc(=O)oc2c1. The van der Waals surface area contributed by atoms with E-state index in [1.807, 2.05) is 25.1 Å². The number of rotatable bonds is 4. The van der Waals surface area contributed by atoms with Crippen molar-refractivity contribution in [3.05, 3.63) is 111 Å². The summed E-state index contributed by atoms with van der Waals surface area (Å²) in [5, 5.41) is 1.55. The molecule has 0 radical (unpaired) electrons. The second kappa shape index (κ2) is 8.09. The summed E-state index contributed by atoms with van der Waals surface area (Å²) in [6.07, 6.45) is 0. The molecule has 0 amide bonds. The molecule has 3 aromatic carbocycles. The van der Waals surface area contributed by atoms with Gasteiger partial charge in [0.25, 0.3) is 5.56 Å². The quantitative estimate of drug-likeness (QED) is 0.216. The summed E-state index contributed by atoms with van der Waals surface area (Å²) in [6.45, 7) is 1.92. The van der Waals surface area contributed by atoms with Crippen molar-refractivity contribution in [2.24, 2.45) is 0 Å². The van der Waals surface area contributed by atoms with Crippen molar-refractivity contribution in [2.45, 2.75) is 17.8 Å². The van der Waals surface area contributed by atoms with Gasteiger partial charge < -0.3 is 4.42 Å². The Morgan fingerprint density at radius 1 is 0.969 bits per heavy atom. The molecule has 32 heavy (non-hydrogen) atoms. The molecule has 0 fully saturated rings. The third-order valence-corrected chi connectivity index (χ3v) is 6.17. The zero-order valence-electron chi connectivity index (χ0n) is 17.0. The van der Waals surface area contributed by atoms with Crippen molar-refractivity contribution in [3.63, 3.8) is 0 Å². The van der Waals surface area contributed by atoms with Crippen LogP contribution in [0.2, 0.25) is 0 Å². The Hall–Kier alpha value is -3.71. The monoisotopic (exact) mass is 444 g/mol. The van der Waals surface area contributed by atoms with Gasteiger partial charge in [-0.1, -0.05) is 48.2 Å².